The van der Waals surface area contributed by atoms with Crippen LogP contribution in [0.3, 0.4) is 0 Å². The highest BCUT2D eigenvalue weighted by molar-refractivity contribution is 6.07. The Kier molecular flexibility index (Phi) is 5.68. The van der Waals surface area contributed by atoms with Crippen LogP contribution < -0.4 is 10.6 Å². The first-order chi connectivity index (χ1) is 12.2. The van der Waals surface area contributed by atoms with Crippen LogP contribution in [0.4, 0.5) is 18.9 Å². The molecular weight excluding hydrogens is 353 g/mol. The maximum absolute atomic E-state index is 12.8. The van der Waals surface area contributed by atoms with Gasteiger partial charge in [0.05, 0.1) is 5.69 Å². The molecule has 0 aliphatic rings. The van der Waals surface area contributed by atoms with E-state index in [1.165, 1.54) is 10.9 Å². The third kappa shape index (κ3) is 4.21. The first-order valence-electron chi connectivity index (χ1n) is 7.95. The van der Waals surface area contributed by atoms with Gasteiger partial charge in [-0.25, -0.2) is 0 Å². The normalized spacial score (nSPS) is 11.5. The predicted molar refractivity (Wildman–Crippen MR) is 86.7 cm³/mol. The van der Waals surface area contributed by atoms with Crippen molar-refractivity contribution in [2.45, 2.75) is 33.0 Å². The molecule has 8 nitrogen and oxygen atoms in total. The third-order valence-corrected chi connectivity index (χ3v) is 3.49. The topological polar surface area (TPSA) is 93.8 Å². The Hall–Kier alpha value is -2.85. The molecular formula is C15H19F3N6O2. The van der Waals surface area contributed by atoms with Gasteiger partial charge in [-0.3, -0.25) is 19.0 Å². The molecule has 0 bridgehead atoms. The van der Waals surface area contributed by atoms with Crippen molar-refractivity contribution >= 4 is 17.5 Å². The summed E-state index contributed by atoms with van der Waals surface area (Å²) in [5, 5.41) is 12.7. The number of nitrogens with zero attached hydrogens (tertiary/aromatic N) is 4. The zero-order valence-corrected chi connectivity index (χ0v) is 14.5. The van der Waals surface area contributed by atoms with E-state index in [0.29, 0.717) is 23.8 Å². The van der Waals surface area contributed by atoms with Crippen LogP contribution in [0.2, 0.25) is 0 Å². The molecule has 0 fully saturated rings. The van der Waals surface area contributed by atoms with Crippen molar-refractivity contribution in [3.63, 3.8) is 0 Å². The van der Waals surface area contributed by atoms with Crippen molar-refractivity contribution in [3.05, 3.63) is 29.3 Å². The molecule has 0 aliphatic heterocycles. The van der Waals surface area contributed by atoms with Crippen LogP contribution in [-0.2, 0) is 19.8 Å². The van der Waals surface area contributed by atoms with Gasteiger partial charge in [0.2, 0.25) is 0 Å². The summed E-state index contributed by atoms with van der Waals surface area (Å²) < 4.78 is 40.5. The molecule has 0 saturated carbocycles. The maximum Gasteiger partial charge on any atom is 0.433 e. The molecule has 0 spiro atoms. The smallest absolute Gasteiger partial charge is 0.351 e. The van der Waals surface area contributed by atoms with Crippen molar-refractivity contribution in [1.29, 1.82) is 0 Å². The molecule has 0 aliphatic carbocycles. The number of amides is 2. The lowest BCUT2D eigenvalue weighted by Gasteiger charge is -2.04. The fraction of sp³-hybridized carbons (Fsp3) is 0.467. The number of rotatable bonds is 6. The van der Waals surface area contributed by atoms with E-state index in [-0.39, 0.29) is 11.4 Å². The molecule has 2 N–H and O–H groups in total. The highest BCUT2D eigenvalue weighted by atomic mass is 19.4. The molecule has 0 radical (unpaired) electrons. The molecule has 11 heteroatoms. The van der Waals surface area contributed by atoms with Crippen molar-refractivity contribution in [2.75, 3.05) is 11.9 Å². The molecule has 2 aromatic heterocycles. The van der Waals surface area contributed by atoms with E-state index in [0.717, 1.165) is 13.5 Å². The second-order valence-electron chi connectivity index (χ2n) is 5.49. The van der Waals surface area contributed by atoms with E-state index in [2.05, 4.69) is 20.8 Å². The second kappa shape index (κ2) is 7.58. The lowest BCUT2D eigenvalue weighted by molar-refractivity contribution is -0.143. The largest absolute Gasteiger partial charge is 0.433 e. The highest BCUT2D eigenvalue weighted by Crippen LogP contribution is 2.29. The molecule has 0 saturated heterocycles. The first kappa shape index (κ1) is 19.5. The molecule has 142 valence electrons. The summed E-state index contributed by atoms with van der Waals surface area (Å²) in [6, 6.07) is 0.649. The number of aryl methyl sites for hydroxylation is 2. The number of halogens is 3. The number of carbonyl (C=O) groups excluding carboxylic acids is 2. The van der Waals surface area contributed by atoms with Gasteiger partial charge < -0.3 is 10.6 Å². The van der Waals surface area contributed by atoms with Crippen LogP contribution in [0.25, 0.3) is 0 Å². The van der Waals surface area contributed by atoms with Gasteiger partial charge >= 0.3 is 6.18 Å². The van der Waals surface area contributed by atoms with Crippen LogP contribution >= 0.6 is 0 Å². The van der Waals surface area contributed by atoms with Gasteiger partial charge in [0.15, 0.2) is 11.4 Å². The number of hydrogen-bond donors (Lipinski definition) is 2. The second-order valence-corrected chi connectivity index (χ2v) is 5.49. The van der Waals surface area contributed by atoms with Gasteiger partial charge in [-0.15, -0.1) is 0 Å². The predicted octanol–water partition coefficient (Wildman–Crippen LogP) is 2.05. The number of aromatic nitrogens is 4. The summed E-state index contributed by atoms with van der Waals surface area (Å²) in [4.78, 5) is 24.4. The molecule has 2 aromatic rings. The Morgan fingerprint density at radius 3 is 2.42 bits per heavy atom. The van der Waals surface area contributed by atoms with E-state index in [9.17, 15) is 22.8 Å². The molecule has 0 aromatic carbocycles. The average molecular weight is 372 g/mol. The van der Waals surface area contributed by atoms with Crippen LogP contribution in [0, 0.1) is 0 Å². The van der Waals surface area contributed by atoms with Crippen LogP contribution in [0.1, 0.15) is 46.9 Å². The van der Waals surface area contributed by atoms with Gasteiger partial charge in [-0.05, 0) is 13.3 Å². The quantitative estimate of drug-likeness (QED) is 0.812. The Balaban J connectivity index is 2.26. The van der Waals surface area contributed by atoms with E-state index < -0.39 is 29.4 Å². The molecule has 0 unspecified atom stereocenters. The zero-order valence-electron chi connectivity index (χ0n) is 14.5. The highest BCUT2D eigenvalue weighted by Gasteiger charge is 2.35. The molecule has 2 amide bonds. The number of carbonyl (C=O) groups is 2. The summed E-state index contributed by atoms with van der Waals surface area (Å²) >= 11 is 0. The summed E-state index contributed by atoms with van der Waals surface area (Å²) in [5.74, 6) is -1.34. The van der Waals surface area contributed by atoms with Gasteiger partial charge in [0, 0.05) is 32.4 Å². The number of anilines is 1. The molecule has 0 atom stereocenters. The first-order valence-corrected chi connectivity index (χ1v) is 7.95. The van der Waals surface area contributed by atoms with Gasteiger partial charge in [-0.2, -0.15) is 23.4 Å². The van der Waals surface area contributed by atoms with Crippen molar-refractivity contribution < 1.29 is 22.8 Å². The van der Waals surface area contributed by atoms with Crippen LogP contribution in [0.5, 0.6) is 0 Å². The summed E-state index contributed by atoms with van der Waals surface area (Å²) in [6.07, 6.45) is -2.47. The van der Waals surface area contributed by atoms with Gasteiger partial charge in [-0.1, -0.05) is 6.92 Å². The third-order valence-electron chi connectivity index (χ3n) is 3.49. The zero-order chi connectivity index (χ0) is 19.5. The minimum Gasteiger partial charge on any atom is -0.351 e. The molecule has 2 heterocycles. The number of hydrogen-bond acceptors (Lipinski definition) is 4. The Bertz CT molecular complexity index is 809. The number of nitrogens with one attached hydrogen (secondary N) is 2. The summed E-state index contributed by atoms with van der Waals surface area (Å²) in [6.45, 7) is 4.56. The summed E-state index contributed by atoms with van der Waals surface area (Å²) in [7, 11) is 1.10. The van der Waals surface area contributed by atoms with Gasteiger partial charge in [0.25, 0.3) is 11.8 Å². The Morgan fingerprint density at radius 2 is 1.88 bits per heavy atom. The van der Waals surface area contributed by atoms with E-state index in [1.54, 1.807) is 6.92 Å². The lowest BCUT2D eigenvalue weighted by Crippen LogP contribution is -2.26. The van der Waals surface area contributed by atoms with Crippen molar-refractivity contribution in [3.8, 4) is 0 Å². The molecule has 26 heavy (non-hydrogen) atoms. The SMILES string of the molecule is CCCNC(=O)c1nn(CC)cc1NC(=O)c1cc(C(F)(F)F)n(C)n1. The van der Waals surface area contributed by atoms with Crippen LogP contribution in [0.15, 0.2) is 12.3 Å². The minimum absolute atomic E-state index is 0.0133. The summed E-state index contributed by atoms with van der Waals surface area (Å²) in [5.41, 5.74) is -1.37. The monoisotopic (exact) mass is 372 g/mol. The van der Waals surface area contributed by atoms with Crippen LogP contribution in [-0.4, -0.2) is 37.9 Å². The number of alkyl halides is 3. The fourth-order valence-corrected chi connectivity index (χ4v) is 2.19. The Morgan fingerprint density at radius 1 is 1.19 bits per heavy atom. The van der Waals surface area contributed by atoms with E-state index >= 15 is 0 Å². The minimum atomic E-state index is -4.63. The average Bonchev–Trinajstić information content (AvgIpc) is 3.15. The van der Waals surface area contributed by atoms with Crippen molar-refractivity contribution in [2.24, 2.45) is 7.05 Å². The van der Waals surface area contributed by atoms with Gasteiger partial charge in [0.1, 0.15) is 5.69 Å². The fourth-order valence-electron chi connectivity index (χ4n) is 2.19. The Labute approximate surface area is 147 Å². The molecule has 2 rings (SSSR count). The standard InChI is InChI=1S/C15H19F3N6O2/c1-4-6-19-14(26)12-10(8-24(5-2)22-12)20-13(25)9-7-11(15(16,17)18)23(3)21-9/h7-8H,4-6H2,1-3H3,(H,19,26)(H,20,25). The van der Waals surface area contributed by atoms with Crippen molar-refractivity contribution in [1.82, 2.24) is 24.9 Å². The van der Waals surface area contributed by atoms with E-state index in [4.69, 9.17) is 0 Å². The van der Waals surface area contributed by atoms with E-state index in [1.807, 2.05) is 6.92 Å². The lowest BCUT2D eigenvalue weighted by atomic mass is 10.3. The maximum atomic E-state index is 12.8.